The van der Waals surface area contributed by atoms with Gasteiger partial charge in [-0.2, -0.15) is 5.26 Å². The fourth-order valence-electron chi connectivity index (χ4n) is 8.16. The smallest absolute Gasteiger partial charge is 0.168 e. The molecule has 4 saturated carbocycles. The molecule has 1 aliphatic heterocycles. The summed E-state index contributed by atoms with van der Waals surface area (Å²) in [7, 11) is 0. The molecule has 144 valence electrons. The van der Waals surface area contributed by atoms with Gasteiger partial charge in [0.2, 0.25) is 0 Å². The Morgan fingerprint density at radius 1 is 0.923 bits per heavy atom. The van der Waals surface area contributed by atoms with Gasteiger partial charge in [-0.25, -0.2) is 0 Å². The van der Waals surface area contributed by atoms with Gasteiger partial charge >= 0.3 is 0 Å². The van der Waals surface area contributed by atoms with Gasteiger partial charge in [-0.05, 0) is 74.0 Å². The average Bonchev–Trinajstić information content (AvgIpc) is 3.19. The van der Waals surface area contributed by atoms with E-state index in [0.717, 1.165) is 44.8 Å². The molecular formula is C22H33NO3. The number of hydrogen-bond acceptors (Lipinski definition) is 4. The molecule has 6 unspecified atom stereocenters. The summed E-state index contributed by atoms with van der Waals surface area (Å²) in [6.07, 6.45) is 9.67. The molecule has 4 nitrogen and oxygen atoms in total. The van der Waals surface area contributed by atoms with E-state index in [-0.39, 0.29) is 11.2 Å². The standard InChI is InChI=1S/C22H33NO3/c1-19-9-10-22(25-11-12-26-22)13-15(19)3-4-16-17(19)5-7-20(2)18(16)6-8-21(20,24)14-23/h15-18,24H,3-13H2,1-2H3/t15?,16?,17?,18?,19?,20?,21-/m1/s1. The predicted molar refractivity (Wildman–Crippen MR) is 96.9 cm³/mol. The molecule has 7 atom stereocenters. The van der Waals surface area contributed by atoms with Crippen LogP contribution < -0.4 is 0 Å². The van der Waals surface area contributed by atoms with Crippen molar-refractivity contribution >= 4 is 0 Å². The monoisotopic (exact) mass is 359 g/mol. The van der Waals surface area contributed by atoms with E-state index in [2.05, 4.69) is 19.9 Å². The fourth-order valence-corrected chi connectivity index (χ4v) is 8.16. The molecule has 5 rings (SSSR count). The van der Waals surface area contributed by atoms with Gasteiger partial charge in [-0.1, -0.05) is 13.8 Å². The molecule has 5 fully saturated rings. The lowest BCUT2D eigenvalue weighted by atomic mass is 9.44. The zero-order valence-electron chi connectivity index (χ0n) is 16.3. The molecule has 4 heteroatoms. The van der Waals surface area contributed by atoms with Crippen molar-refractivity contribution in [1.82, 2.24) is 0 Å². The molecule has 0 aromatic heterocycles. The van der Waals surface area contributed by atoms with Crippen LogP contribution in [0.25, 0.3) is 0 Å². The van der Waals surface area contributed by atoms with E-state index in [4.69, 9.17) is 9.47 Å². The third-order valence-corrected chi connectivity index (χ3v) is 9.82. The van der Waals surface area contributed by atoms with E-state index in [1.807, 2.05) is 0 Å². The van der Waals surface area contributed by atoms with E-state index in [1.54, 1.807) is 0 Å². The Labute approximate surface area is 157 Å². The number of hydrogen-bond donors (Lipinski definition) is 1. The van der Waals surface area contributed by atoms with E-state index < -0.39 is 5.60 Å². The van der Waals surface area contributed by atoms with E-state index in [9.17, 15) is 10.4 Å². The number of fused-ring (bicyclic) bond motifs is 5. The van der Waals surface area contributed by atoms with E-state index in [0.29, 0.717) is 29.6 Å². The molecule has 1 heterocycles. The van der Waals surface area contributed by atoms with Crippen LogP contribution in [0, 0.1) is 45.8 Å². The van der Waals surface area contributed by atoms with Gasteiger partial charge in [-0.3, -0.25) is 0 Å². The lowest BCUT2D eigenvalue weighted by Gasteiger charge is -2.62. The van der Waals surface area contributed by atoms with Gasteiger partial charge in [0.15, 0.2) is 11.4 Å². The Morgan fingerprint density at radius 2 is 1.65 bits per heavy atom. The highest BCUT2D eigenvalue weighted by Crippen LogP contribution is 2.69. The van der Waals surface area contributed by atoms with Crippen LogP contribution in [-0.4, -0.2) is 29.7 Å². The minimum Gasteiger partial charge on any atom is -0.375 e. The zero-order valence-corrected chi connectivity index (χ0v) is 16.3. The highest BCUT2D eigenvalue weighted by molar-refractivity contribution is 5.21. The first-order chi connectivity index (χ1) is 12.4. The van der Waals surface area contributed by atoms with Crippen LogP contribution in [0.5, 0.6) is 0 Å². The van der Waals surface area contributed by atoms with Crippen LogP contribution in [0.3, 0.4) is 0 Å². The van der Waals surface area contributed by atoms with Crippen molar-refractivity contribution in [2.24, 2.45) is 34.5 Å². The summed E-state index contributed by atoms with van der Waals surface area (Å²) in [6, 6.07) is 2.30. The third-order valence-electron chi connectivity index (χ3n) is 9.82. The number of rotatable bonds is 0. The molecule has 1 saturated heterocycles. The second-order valence-electron chi connectivity index (χ2n) is 10.4. The van der Waals surface area contributed by atoms with Gasteiger partial charge in [0.25, 0.3) is 0 Å². The minimum atomic E-state index is -1.11. The van der Waals surface area contributed by atoms with E-state index >= 15 is 0 Å². The van der Waals surface area contributed by atoms with Crippen LogP contribution >= 0.6 is 0 Å². The van der Waals surface area contributed by atoms with Gasteiger partial charge in [0.1, 0.15) is 0 Å². The normalized spacial score (nSPS) is 55.0. The maximum atomic E-state index is 11.0. The highest BCUT2D eigenvalue weighted by atomic mass is 16.7. The van der Waals surface area contributed by atoms with Crippen LogP contribution in [0.1, 0.15) is 71.6 Å². The maximum absolute atomic E-state index is 11.0. The predicted octanol–water partition coefficient (Wildman–Crippen LogP) is 4.03. The van der Waals surface area contributed by atoms with Crippen LogP contribution in [0.4, 0.5) is 0 Å². The summed E-state index contributed by atoms with van der Waals surface area (Å²) >= 11 is 0. The minimum absolute atomic E-state index is 0.209. The topological polar surface area (TPSA) is 62.5 Å². The van der Waals surface area contributed by atoms with Crippen molar-refractivity contribution in [1.29, 1.82) is 5.26 Å². The molecule has 1 spiro atoms. The van der Waals surface area contributed by atoms with Gasteiger partial charge < -0.3 is 14.6 Å². The first-order valence-corrected chi connectivity index (χ1v) is 10.8. The summed E-state index contributed by atoms with van der Waals surface area (Å²) < 4.78 is 12.1. The molecule has 5 aliphatic rings. The van der Waals surface area contributed by atoms with Crippen LogP contribution in [0.2, 0.25) is 0 Å². The number of aliphatic hydroxyl groups is 1. The van der Waals surface area contributed by atoms with Crippen molar-refractivity contribution in [3.8, 4) is 6.07 Å². The van der Waals surface area contributed by atoms with Crippen molar-refractivity contribution in [2.45, 2.75) is 83.0 Å². The van der Waals surface area contributed by atoms with Crippen molar-refractivity contribution in [3.63, 3.8) is 0 Å². The van der Waals surface area contributed by atoms with E-state index in [1.165, 1.54) is 25.7 Å². The summed E-state index contributed by atoms with van der Waals surface area (Å²) in [6.45, 7) is 6.24. The van der Waals surface area contributed by atoms with Crippen molar-refractivity contribution in [3.05, 3.63) is 0 Å². The van der Waals surface area contributed by atoms with Crippen molar-refractivity contribution in [2.75, 3.05) is 13.2 Å². The fraction of sp³-hybridized carbons (Fsp3) is 0.955. The lowest BCUT2D eigenvalue weighted by Crippen LogP contribution is -2.58. The third kappa shape index (κ3) is 2.06. The molecule has 0 aromatic carbocycles. The largest absolute Gasteiger partial charge is 0.375 e. The molecular weight excluding hydrogens is 326 g/mol. The second-order valence-corrected chi connectivity index (χ2v) is 10.4. The zero-order chi connectivity index (χ0) is 18.2. The van der Waals surface area contributed by atoms with Crippen LogP contribution in [0.15, 0.2) is 0 Å². The average molecular weight is 360 g/mol. The van der Waals surface area contributed by atoms with Crippen LogP contribution in [-0.2, 0) is 9.47 Å². The maximum Gasteiger partial charge on any atom is 0.168 e. The number of ether oxygens (including phenoxy) is 2. The quantitative estimate of drug-likeness (QED) is 0.663. The Bertz CT molecular complexity index is 638. The van der Waals surface area contributed by atoms with Gasteiger partial charge in [0.05, 0.1) is 19.3 Å². The summed E-state index contributed by atoms with van der Waals surface area (Å²) in [5.41, 5.74) is -0.944. The lowest BCUT2D eigenvalue weighted by molar-refractivity contribution is -0.231. The second kappa shape index (κ2) is 5.46. The summed E-state index contributed by atoms with van der Waals surface area (Å²) in [4.78, 5) is 0. The molecule has 26 heavy (non-hydrogen) atoms. The molecule has 4 aliphatic carbocycles. The first kappa shape index (κ1) is 17.5. The number of nitrogens with zero attached hydrogens (tertiary/aromatic N) is 1. The van der Waals surface area contributed by atoms with Gasteiger partial charge in [0, 0.05) is 18.3 Å². The Balaban J connectivity index is 1.42. The summed E-state index contributed by atoms with van der Waals surface area (Å²) in [5, 5.41) is 20.6. The summed E-state index contributed by atoms with van der Waals surface area (Å²) in [5.74, 6) is 2.33. The SMILES string of the molecule is CC12CCC3(CC1CCC1C2CCC2(C)C1CC[C@@]2(O)C#N)OCCO3. The molecule has 0 radical (unpaired) electrons. The van der Waals surface area contributed by atoms with Crippen molar-refractivity contribution < 1.29 is 14.6 Å². The first-order valence-electron chi connectivity index (χ1n) is 10.8. The Hall–Kier alpha value is -0.630. The number of nitriles is 1. The Morgan fingerprint density at radius 3 is 2.38 bits per heavy atom. The molecule has 0 bridgehead atoms. The Kier molecular flexibility index (Phi) is 3.67. The molecule has 0 amide bonds. The highest BCUT2D eigenvalue weighted by Gasteiger charge is 2.66. The van der Waals surface area contributed by atoms with Gasteiger partial charge in [-0.15, -0.1) is 0 Å². The molecule has 1 N–H and O–H groups in total. The molecule has 0 aromatic rings.